The number of nitrogens with one attached hydrogen (secondary N) is 2. The molecule has 0 unspecified atom stereocenters. The van der Waals surface area contributed by atoms with Crippen molar-refractivity contribution in [1.82, 2.24) is 15.5 Å². The van der Waals surface area contributed by atoms with Gasteiger partial charge in [0.25, 0.3) is 5.91 Å². The second-order valence-corrected chi connectivity index (χ2v) is 11.7. The molecule has 2 aromatic rings. The molecule has 0 bridgehead atoms. The van der Waals surface area contributed by atoms with Gasteiger partial charge in [0.05, 0.1) is 25.3 Å². The normalized spacial score (nSPS) is 16.8. The number of rotatable bonds is 15. The standard InChI is InChI=1S/C34H48N4O6/c1-3-37(34(42)35-27-14-8-5-9-15-27)24-31(39)30(20-25-12-6-4-7-13-25)36-33(41)26-21-28(38-17-10-16-32(38)40)23-29(22-26)44-19-11-18-43-2/h4,6-7,12-13,21-23,27,30-31,39H,3,5,8-11,14-20,24H2,1-2H3,(H,35,42)(H,36,41)/t30-,31-/m0/s1. The third kappa shape index (κ3) is 9.69. The number of aliphatic hydroxyl groups is 1. The minimum Gasteiger partial charge on any atom is -0.493 e. The summed E-state index contributed by atoms with van der Waals surface area (Å²) in [4.78, 5) is 42.7. The van der Waals surface area contributed by atoms with Crippen molar-refractivity contribution in [3.05, 3.63) is 59.7 Å². The molecule has 1 heterocycles. The number of aliphatic hydroxyl groups excluding tert-OH is 1. The lowest BCUT2D eigenvalue weighted by atomic mass is 9.96. The van der Waals surface area contributed by atoms with E-state index in [1.165, 1.54) is 6.42 Å². The molecule has 2 fully saturated rings. The van der Waals surface area contributed by atoms with E-state index >= 15 is 0 Å². The topological polar surface area (TPSA) is 120 Å². The highest BCUT2D eigenvalue weighted by Crippen LogP contribution is 2.28. The van der Waals surface area contributed by atoms with Crippen LogP contribution in [-0.2, 0) is 16.0 Å². The van der Waals surface area contributed by atoms with Crippen LogP contribution in [-0.4, -0.2) is 86.0 Å². The van der Waals surface area contributed by atoms with E-state index in [1.54, 1.807) is 35.1 Å². The van der Waals surface area contributed by atoms with Crippen molar-refractivity contribution in [1.29, 1.82) is 0 Å². The van der Waals surface area contributed by atoms with Crippen molar-refractivity contribution >= 4 is 23.5 Å². The maximum Gasteiger partial charge on any atom is 0.317 e. The average Bonchev–Trinajstić information content (AvgIpc) is 3.48. The van der Waals surface area contributed by atoms with E-state index in [4.69, 9.17) is 9.47 Å². The zero-order chi connectivity index (χ0) is 31.3. The molecule has 2 aromatic carbocycles. The van der Waals surface area contributed by atoms with Gasteiger partial charge in [-0.1, -0.05) is 49.6 Å². The van der Waals surface area contributed by atoms with Crippen molar-refractivity contribution < 1.29 is 29.0 Å². The van der Waals surface area contributed by atoms with E-state index < -0.39 is 18.1 Å². The first-order valence-corrected chi connectivity index (χ1v) is 16.0. The first-order valence-electron chi connectivity index (χ1n) is 16.0. The van der Waals surface area contributed by atoms with Crippen molar-refractivity contribution in [3.63, 3.8) is 0 Å². The smallest absolute Gasteiger partial charge is 0.317 e. The van der Waals surface area contributed by atoms with Crippen LogP contribution in [0, 0.1) is 0 Å². The SMILES string of the molecule is CCN(C[C@H](O)[C@H](Cc1ccccc1)NC(=O)c1cc(OCCCOC)cc(N2CCCC2=O)c1)C(=O)NC1CCCCC1. The Labute approximate surface area is 261 Å². The highest BCUT2D eigenvalue weighted by molar-refractivity contribution is 5.99. The second kappa shape index (κ2) is 17.0. The highest BCUT2D eigenvalue weighted by atomic mass is 16.5. The highest BCUT2D eigenvalue weighted by Gasteiger charge is 2.28. The van der Waals surface area contributed by atoms with Crippen LogP contribution in [0.15, 0.2) is 48.5 Å². The van der Waals surface area contributed by atoms with Crippen LogP contribution in [0.4, 0.5) is 10.5 Å². The fraction of sp³-hybridized carbons (Fsp3) is 0.559. The summed E-state index contributed by atoms with van der Waals surface area (Å²) in [7, 11) is 1.63. The van der Waals surface area contributed by atoms with Crippen LogP contribution in [0.25, 0.3) is 0 Å². The zero-order valence-corrected chi connectivity index (χ0v) is 26.1. The molecule has 10 heteroatoms. The quantitative estimate of drug-likeness (QED) is 0.260. The van der Waals surface area contributed by atoms with Gasteiger partial charge < -0.3 is 35.0 Å². The maximum absolute atomic E-state index is 13.8. The van der Waals surface area contributed by atoms with Crippen LogP contribution in [0.5, 0.6) is 5.75 Å². The summed E-state index contributed by atoms with van der Waals surface area (Å²) in [6.07, 6.45) is 6.61. The average molecular weight is 609 g/mol. The van der Waals surface area contributed by atoms with Gasteiger partial charge in [0, 0.05) is 63.0 Å². The number of anilines is 1. The van der Waals surface area contributed by atoms with Gasteiger partial charge in [0.15, 0.2) is 0 Å². The van der Waals surface area contributed by atoms with Gasteiger partial charge in [-0.25, -0.2) is 4.79 Å². The van der Waals surface area contributed by atoms with Gasteiger partial charge >= 0.3 is 6.03 Å². The lowest BCUT2D eigenvalue weighted by Crippen LogP contribution is -2.53. The molecule has 10 nitrogen and oxygen atoms in total. The summed E-state index contributed by atoms with van der Waals surface area (Å²) in [5.41, 5.74) is 1.89. The maximum atomic E-state index is 13.8. The number of benzene rings is 2. The van der Waals surface area contributed by atoms with E-state index in [9.17, 15) is 19.5 Å². The minimum atomic E-state index is -1.02. The zero-order valence-electron chi connectivity index (χ0n) is 26.1. The van der Waals surface area contributed by atoms with Crippen molar-refractivity contribution in [2.24, 2.45) is 0 Å². The molecule has 1 aliphatic carbocycles. The molecule has 1 saturated heterocycles. The molecule has 44 heavy (non-hydrogen) atoms. The Kier molecular flexibility index (Phi) is 12.9. The monoisotopic (exact) mass is 608 g/mol. The predicted octanol–water partition coefficient (Wildman–Crippen LogP) is 4.29. The van der Waals surface area contributed by atoms with Gasteiger partial charge in [0.2, 0.25) is 5.91 Å². The molecule has 0 spiro atoms. The fourth-order valence-corrected chi connectivity index (χ4v) is 5.89. The molecule has 1 saturated carbocycles. The number of urea groups is 1. The number of hydrogen-bond donors (Lipinski definition) is 3. The summed E-state index contributed by atoms with van der Waals surface area (Å²) in [6.45, 7) is 3.91. The largest absolute Gasteiger partial charge is 0.493 e. The third-order valence-corrected chi connectivity index (χ3v) is 8.39. The molecule has 240 valence electrons. The Bertz CT molecular complexity index is 1220. The molecule has 4 amide bonds. The van der Waals surface area contributed by atoms with Crippen LogP contribution in [0.2, 0.25) is 0 Å². The minimum absolute atomic E-state index is 0.0106. The van der Waals surface area contributed by atoms with Gasteiger partial charge in [-0.05, 0) is 50.3 Å². The Morgan fingerprint density at radius 2 is 1.84 bits per heavy atom. The summed E-state index contributed by atoms with van der Waals surface area (Å²) < 4.78 is 11.1. The number of likely N-dealkylation sites (N-methyl/N-ethyl adjacent to an activating group) is 1. The van der Waals surface area contributed by atoms with E-state index in [1.807, 2.05) is 37.3 Å². The second-order valence-electron chi connectivity index (χ2n) is 11.7. The van der Waals surface area contributed by atoms with Crippen molar-refractivity contribution in [2.75, 3.05) is 44.9 Å². The fourth-order valence-electron chi connectivity index (χ4n) is 5.89. The molecule has 2 aliphatic rings. The predicted molar refractivity (Wildman–Crippen MR) is 170 cm³/mol. The molecule has 4 rings (SSSR count). The Balaban J connectivity index is 1.52. The number of hydrogen-bond acceptors (Lipinski definition) is 6. The number of amides is 4. The van der Waals surface area contributed by atoms with Crippen LogP contribution in [0.3, 0.4) is 0 Å². The first-order chi connectivity index (χ1) is 21.4. The Hall–Kier alpha value is -3.63. The van der Waals surface area contributed by atoms with Crippen molar-refractivity contribution in [2.45, 2.75) is 82.9 Å². The van der Waals surface area contributed by atoms with Gasteiger partial charge in [0.1, 0.15) is 5.75 Å². The lowest BCUT2D eigenvalue weighted by molar-refractivity contribution is -0.117. The summed E-state index contributed by atoms with van der Waals surface area (Å²) in [5.74, 6) is 0.103. The Morgan fingerprint density at radius 3 is 2.52 bits per heavy atom. The third-order valence-electron chi connectivity index (χ3n) is 8.39. The first kappa shape index (κ1) is 33.3. The number of nitrogens with zero attached hydrogens (tertiary/aromatic N) is 2. The summed E-state index contributed by atoms with van der Waals surface area (Å²) in [6, 6.07) is 14.1. The molecule has 1 aliphatic heterocycles. The molecular weight excluding hydrogens is 560 g/mol. The number of ether oxygens (including phenoxy) is 2. The molecule has 3 N–H and O–H groups in total. The van der Waals surface area contributed by atoms with Gasteiger partial charge in [-0.3, -0.25) is 9.59 Å². The van der Waals surface area contributed by atoms with E-state index in [-0.39, 0.29) is 24.5 Å². The van der Waals surface area contributed by atoms with Crippen molar-refractivity contribution in [3.8, 4) is 5.75 Å². The van der Waals surface area contributed by atoms with Crippen LogP contribution < -0.4 is 20.3 Å². The van der Waals surface area contributed by atoms with Crippen LogP contribution >= 0.6 is 0 Å². The van der Waals surface area contributed by atoms with E-state index in [0.717, 1.165) is 37.7 Å². The lowest BCUT2D eigenvalue weighted by Gasteiger charge is -2.32. The molecule has 0 radical (unpaired) electrons. The Morgan fingerprint density at radius 1 is 1.07 bits per heavy atom. The van der Waals surface area contributed by atoms with Gasteiger partial charge in [-0.2, -0.15) is 0 Å². The number of carbonyl (C=O) groups is 3. The molecule has 0 aromatic heterocycles. The van der Waals surface area contributed by atoms with E-state index in [2.05, 4.69) is 10.6 Å². The van der Waals surface area contributed by atoms with E-state index in [0.29, 0.717) is 62.6 Å². The van der Waals surface area contributed by atoms with Gasteiger partial charge in [-0.15, -0.1) is 0 Å². The van der Waals surface area contributed by atoms with Crippen LogP contribution in [0.1, 0.15) is 74.2 Å². The molecule has 2 atom stereocenters. The molecular formula is C34H48N4O6. The summed E-state index contributed by atoms with van der Waals surface area (Å²) >= 11 is 0. The summed E-state index contributed by atoms with van der Waals surface area (Å²) in [5, 5.41) is 17.6. The number of carbonyl (C=O) groups excluding carboxylic acids is 3. The number of methoxy groups -OCH3 is 1.